The molecule has 0 saturated carbocycles. The van der Waals surface area contributed by atoms with Crippen molar-refractivity contribution in [2.45, 2.75) is 18.4 Å². The van der Waals surface area contributed by atoms with Crippen LogP contribution in [0.4, 0.5) is 13.2 Å². The molecule has 1 unspecified atom stereocenters. The summed E-state index contributed by atoms with van der Waals surface area (Å²) in [5.74, 6) is -8.67. The van der Waals surface area contributed by atoms with Gasteiger partial charge in [-0.1, -0.05) is 6.07 Å². The highest BCUT2D eigenvalue weighted by atomic mass is 19.3. The Hall–Kier alpha value is -1.76. The van der Waals surface area contributed by atoms with E-state index in [9.17, 15) is 23.1 Å². The molecule has 1 rings (SSSR count). The monoisotopic (exact) mass is 264 g/mol. The zero-order valence-corrected chi connectivity index (χ0v) is 9.58. The average molecular weight is 264 g/mol. The molecular formula is C11H11F3O4. The lowest BCUT2D eigenvalue weighted by Crippen LogP contribution is -2.49. The molecule has 1 aromatic carbocycles. The molecule has 0 saturated heterocycles. The Balaban J connectivity index is 3.50. The van der Waals surface area contributed by atoms with Crippen LogP contribution in [0.5, 0.6) is 5.75 Å². The molecule has 100 valence electrons. The highest BCUT2D eigenvalue weighted by Gasteiger charge is 2.59. The predicted molar refractivity (Wildman–Crippen MR) is 55.1 cm³/mol. The van der Waals surface area contributed by atoms with Crippen molar-refractivity contribution >= 4 is 5.97 Å². The predicted octanol–water partition coefficient (Wildman–Crippen LogP) is 1.76. The Bertz CT molecular complexity index is 471. The first-order valence-electron chi connectivity index (χ1n) is 4.82. The second-order valence-corrected chi connectivity index (χ2v) is 3.77. The summed E-state index contributed by atoms with van der Waals surface area (Å²) >= 11 is 0. The topological polar surface area (TPSA) is 66.8 Å². The molecule has 0 aliphatic carbocycles. The van der Waals surface area contributed by atoms with Crippen LogP contribution < -0.4 is 4.74 Å². The molecule has 0 aliphatic rings. The van der Waals surface area contributed by atoms with E-state index in [4.69, 9.17) is 5.11 Å². The van der Waals surface area contributed by atoms with Gasteiger partial charge in [0.05, 0.1) is 12.7 Å². The molecule has 2 N–H and O–H groups in total. The molecular weight excluding hydrogens is 253 g/mol. The van der Waals surface area contributed by atoms with Gasteiger partial charge in [0.2, 0.25) is 0 Å². The summed E-state index contributed by atoms with van der Waals surface area (Å²) in [6.07, 6.45) is 0. The van der Waals surface area contributed by atoms with Gasteiger partial charge in [0, 0.05) is 0 Å². The maximum absolute atomic E-state index is 13.6. The van der Waals surface area contributed by atoms with Crippen LogP contribution in [0.15, 0.2) is 18.2 Å². The number of hydrogen-bond acceptors (Lipinski definition) is 3. The lowest BCUT2D eigenvalue weighted by atomic mass is 9.88. The van der Waals surface area contributed by atoms with E-state index in [-0.39, 0.29) is 5.75 Å². The number of carboxylic acid groups (broad SMARTS) is 1. The molecule has 18 heavy (non-hydrogen) atoms. The number of carbonyl (C=O) groups is 1. The van der Waals surface area contributed by atoms with Crippen molar-refractivity contribution in [3.05, 3.63) is 29.6 Å². The van der Waals surface area contributed by atoms with Crippen molar-refractivity contribution in [1.82, 2.24) is 0 Å². The summed E-state index contributed by atoms with van der Waals surface area (Å²) in [4.78, 5) is 10.5. The van der Waals surface area contributed by atoms with Crippen LogP contribution in [0, 0.1) is 5.82 Å². The van der Waals surface area contributed by atoms with Gasteiger partial charge in [0.15, 0.2) is 5.60 Å². The first-order chi connectivity index (χ1) is 8.16. The maximum Gasteiger partial charge on any atom is 0.378 e. The number of aliphatic carboxylic acids is 1. The molecule has 0 amide bonds. The van der Waals surface area contributed by atoms with Crippen LogP contribution in [-0.4, -0.2) is 29.2 Å². The number of benzene rings is 1. The van der Waals surface area contributed by atoms with Gasteiger partial charge in [0.1, 0.15) is 11.6 Å². The van der Waals surface area contributed by atoms with Crippen LogP contribution in [0.2, 0.25) is 0 Å². The highest BCUT2D eigenvalue weighted by Crippen LogP contribution is 2.42. The molecule has 1 atom stereocenters. The van der Waals surface area contributed by atoms with Gasteiger partial charge in [-0.2, -0.15) is 8.78 Å². The Morgan fingerprint density at radius 3 is 2.39 bits per heavy atom. The van der Waals surface area contributed by atoms with E-state index >= 15 is 0 Å². The number of halogens is 3. The van der Waals surface area contributed by atoms with Crippen molar-refractivity contribution in [3.63, 3.8) is 0 Å². The second-order valence-electron chi connectivity index (χ2n) is 3.77. The number of rotatable bonds is 4. The van der Waals surface area contributed by atoms with Gasteiger partial charge in [-0.15, -0.1) is 0 Å². The molecule has 0 bridgehead atoms. The molecule has 0 fully saturated rings. The van der Waals surface area contributed by atoms with Crippen molar-refractivity contribution in [2.24, 2.45) is 0 Å². The van der Waals surface area contributed by atoms with Crippen molar-refractivity contribution in [2.75, 3.05) is 7.11 Å². The van der Waals surface area contributed by atoms with Crippen molar-refractivity contribution in [1.29, 1.82) is 0 Å². The van der Waals surface area contributed by atoms with E-state index in [1.54, 1.807) is 0 Å². The fraction of sp³-hybridized carbons (Fsp3) is 0.364. The third-order valence-electron chi connectivity index (χ3n) is 2.56. The van der Waals surface area contributed by atoms with E-state index in [1.807, 2.05) is 0 Å². The molecule has 0 spiro atoms. The average Bonchev–Trinajstić information content (AvgIpc) is 2.27. The van der Waals surface area contributed by atoms with Crippen LogP contribution in [0.25, 0.3) is 0 Å². The zero-order valence-electron chi connectivity index (χ0n) is 9.58. The number of alkyl halides is 2. The third-order valence-corrected chi connectivity index (χ3v) is 2.56. The minimum Gasteiger partial charge on any atom is -0.496 e. The molecule has 4 nitrogen and oxygen atoms in total. The Morgan fingerprint density at radius 1 is 1.39 bits per heavy atom. The summed E-state index contributed by atoms with van der Waals surface area (Å²) in [5, 5.41) is 18.1. The van der Waals surface area contributed by atoms with E-state index in [0.29, 0.717) is 6.92 Å². The van der Waals surface area contributed by atoms with Gasteiger partial charge in [-0.3, -0.25) is 0 Å². The van der Waals surface area contributed by atoms with Crippen LogP contribution in [-0.2, 0) is 10.4 Å². The Labute approximate surface area is 101 Å². The molecule has 0 aliphatic heterocycles. The first-order valence-corrected chi connectivity index (χ1v) is 4.82. The Kier molecular flexibility index (Phi) is 3.57. The molecule has 0 heterocycles. The van der Waals surface area contributed by atoms with Crippen LogP contribution in [0.1, 0.15) is 12.5 Å². The maximum atomic E-state index is 13.6. The van der Waals surface area contributed by atoms with Gasteiger partial charge in [-0.25, -0.2) is 9.18 Å². The molecule has 1 aromatic rings. The van der Waals surface area contributed by atoms with E-state index in [2.05, 4.69) is 4.74 Å². The lowest BCUT2D eigenvalue weighted by Gasteiger charge is -2.31. The third kappa shape index (κ3) is 2.01. The SMILES string of the molecule is COc1cccc(F)c1C(C)(O)C(F)(F)C(=O)O. The smallest absolute Gasteiger partial charge is 0.378 e. The largest absolute Gasteiger partial charge is 0.496 e. The van der Waals surface area contributed by atoms with E-state index < -0.39 is 28.9 Å². The van der Waals surface area contributed by atoms with Gasteiger partial charge < -0.3 is 14.9 Å². The highest BCUT2D eigenvalue weighted by molar-refractivity contribution is 5.77. The summed E-state index contributed by atoms with van der Waals surface area (Å²) < 4.78 is 45.1. The van der Waals surface area contributed by atoms with E-state index in [1.165, 1.54) is 6.07 Å². The fourth-order valence-corrected chi connectivity index (χ4v) is 1.51. The fourth-order valence-electron chi connectivity index (χ4n) is 1.51. The van der Waals surface area contributed by atoms with Gasteiger partial charge in [0.25, 0.3) is 0 Å². The van der Waals surface area contributed by atoms with Gasteiger partial charge >= 0.3 is 11.9 Å². The quantitative estimate of drug-likeness (QED) is 0.869. The number of methoxy groups -OCH3 is 1. The number of aliphatic hydroxyl groups is 1. The Morgan fingerprint density at radius 2 is 1.94 bits per heavy atom. The number of carboxylic acids is 1. The first kappa shape index (κ1) is 14.3. The summed E-state index contributed by atoms with van der Waals surface area (Å²) in [6.45, 7) is 0.516. The van der Waals surface area contributed by atoms with Crippen LogP contribution in [0.3, 0.4) is 0 Å². The zero-order chi connectivity index (χ0) is 14.1. The number of ether oxygens (including phenoxy) is 1. The van der Waals surface area contributed by atoms with Gasteiger partial charge in [-0.05, 0) is 19.1 Å². The molecule has 7 heteroatoms. The second kappa shape index (κ2) is 4.49. The van der Waals surface area contributed by atoms with Crippen molar-refractivity contribution < 1.29 is 32.9 Å². The summed E-state index contributed by atoms with van der Waals surface area (Å²) in [7, 11) is 1.09. The standard InChI is InChI=1S/C11H11F3O4/c1-10(17,11(13,14)9(15)16)8-6(12)4-3-5-7(8)18-2/h3-5,17H,1-2H3,(H,15,16). The van der Waals surface area contributed by atoms with Crippen molar-refractivity contribution in [3.8, 4) is 5.75 Å². The number of hydrogen-bond donors (Lipinski definition) is 2. The van der Waals surface area contributed by atoms with E-state index in [0.717, 1.165) is 19.2 Å². The minimum absolute atomic E-state index is 0.360. The van der Waals surface area contributed by atoms with Crippen LogP contribution >= 0.6 is 0 Å². The molecule has 0 aromatic heterocycles. The summed E-state index contributed by atoms with van der Waals surface area (Å²) in [5.41, 5.74) is -4.14. The minimum atomic E-state index is -4.57. The lowest BCUT2D eigenvalue weighted by molar-refractivity contribution is -0.208. The molecule has 0 radical (unpaired) electrons. The summed E-state index contributed by atoms with van der Waals surface area (Å²) in [6, 6.07) is 3.15. The normalized spacial score (nSPS) is 15.0.